The van der Waals surface area contributed by atoms with E-state index in [0.717, 1.165) is 24.6 Å². The first-order valence-corrected chi connectivity index (χ1v) is 7.10. The van der Waals surface area contributed by atoms with Gasteiger partial charge in [-0.15, -0.1) is 11.8 Å². The third kappa shape index (κ3) is 2.53. The van der Waals surface area contributed by atoms with Crippen LogP contribution < -0.4 is 0 Å². The lowest BCUT2D eigenvalue weighted by Crippen LogP contribution is -2.34. The van der Waals surface area contributed by atoms with Crippen LogP contribution in [0.2, 0.25) is 0 Å². The molecule has 2 unspecified atom stereocenters. The maximum absolute atomic E-state index is 12.1. The van der Waals surface area contributed by atoms with E-state index < -0.39 is 16.5 Å². The van der Waals surface area contributed by atoms with E-state index in [1.54, 1.807) is 0 Å². The van der Waals surface area contributed by atoms with Crippen LogP contribution >= 0.6 is 11.8 Å². The van der Waals surface area contributed by atoms with Gasteiger partial charge in [0.25, 0.3) is 0 Å². The van der Waals surface area contributed by atoms with Gasteiger partial charge in [-0.05, 0) is 18.8 Å². The minimum atomic E-state index is -0.917. The van der Waals surface area contributed by atoms with Crippen LogP contribution in [0, 0.1) is 5.92 Å². The number of carboxylic acid groups (broad SMARTS) is 1. The minimum absolute atomic E-state index is 0.0645. The molecule has 100 valence electrons. The zero-order chi connectivity index (χ0) is 13.4. The molecule has 2 fully saturated rings. The summed E-state index contributed by atoms with van der Waals surface area (Å²) in [6.07, 6.45) is 1.93. The van der Waals surface area contributed by atoms with Gasteiger partial charge in [-0.2, -0.15) is 0 Å². The standard InChI is InChI=1S/C12H17NO4S/c1-6(2)10(12(16)17)18-8-5-9(14)13(11(8)15)7-3-4-7/h6-8,10H,3-5H2,1-2H3,(H,16,17). The Morgan fingerprint density at radius 2 is 2.00 bits per heavy atom. The summed E-state index contributed by atoms with van der Waals surface area (Å²) in [6.45, 7) is 3.62. The normalized spacial score (nSPS) is 25.9. The highest BCUT2D eigenvalue weighted by molar-refractivity contribution is 8.01. The summed E-state index contributed by atoms with van der Waals surface area (Å²) < 4.78 is 0. The zero-order valence-corrected chi connectivity index (χ0v) is 11.3. The first-order valence-electron chi connectivity index (χ1n) is 6.16. The van der Waals surface area contributed by atoms with Crippen molar-refractivity contribution in [3.05, 3.63) is 0 Å². The van der Waals surface area contributed by atoms with Gasteiger partial charge in [-0.25, -0.2) is 0 Å². The Hall–Kier alpha value is -1.04. The molecule has 0 spiro atoms. The zero-order valence-electron chi connectivity index (χ0n) is 10.5. The van der Waals surface area contributed by atoms with E-state index in [0.29, 0.717) is 0 Å². The lowest BCUT2D eigenvalue weighted by atomic mass is 10.1. The molecule has 18 heavy (non-hydrogen) atoms. The molecule has 0 aromatic rings. The summed E-state index contributed by atoms with van der Waals surface area (Å²) in [4.78, 5) is 36.3. The van der Waals surface area contributed by atoms with Gasteiger partial charge in [0.05, 0.1) is 5.25 Å². The van der Waals surface area contributed by atoms with Crippen LogP contribution in [0.1, 0.15) is 33.1 Å². The van der Waals surface area contributed by atoms with E-state index in [1.807, 2.05) is 13.8 Å². The highest BCUT2D eigenvalue weighted by Gasteiger charge is 2.47. The molecule has 0 bridgehead atoms. The lowest BCUT2D eigenvalue weighted by molar-refractivity contribution is -0.139. The second kappa shape index (κ2) is 4.91. The fraction of sp³-hybridized carbons (Fsp3) is 0.750. The van der Waals surface area contributed by atoms with Crippen LogP contribution in [0.3, 0.4) is 0 Å². The van der Waals surface area contributed by atoms with E-state index >= 15 is 0 Å². The summed E-state index contributed by atoms with van der Waals surface area (Å²) in [5.41, 5.74) is 0. The molecular weight excluding hydrogens is 254 g/mol. The number of hydrogen-bond donors (Lipinski definition) is 1. The maximum atomic E-state index is 12.1. The number of carboxylic acids is 1. The predicted molar refractivity (Wildman–Crippen MR) is 67.1 cm³/mol. The minimum Gasteiger partial charge on any atom is -0.480 e. The van der Waals surface area contributed by atoms with Crippen molar-refractivity contribution in [3.63, 3.8) is 0 Å². The van der Waals surface area contributed by atoms with Crippen LogP contribution in [0.25, 0.3) is 0 Å². The van der Waals surface area contributed by atoms with Crippen molar-refractivity contribution in [3.8, 4) is 0 Å². The molecule has 1 aliphatic heterocycles. The number of amides is 2. The first kappa shape index (κ1) is 13.4. The van der Waals surface area contributed by atoms with Gasteiger partial charge in [0.1, 0.15) is 5.25 Å². The molecule has 1 heterocycles. The number of aliphatic carboxylic acids is 1. The fourth-order valence-corrected chi connectivity index (χ4v) is 3.38. The number of carbonyl (C=O) groups is 3. The molecule has 5 nitrogen and oxygen atoms in total. The van der Waals surface area contributed by atoms with Crippen molar-refractivity contribution in [2.24, 2.45) is 5.92 Å². The van der Waals surface area contributed by atoms with Gasteiger partial charge in [-0.1, -0.05) is 13.8 Å². The summed E-state index contributed by atoms with van der Waals surface area (Å²) >= 11 is 1.12. The summed E-state index contributed by atoms with van der Waals surface area (Å²) in [5, 5.41) is 7.97. The van der Waals surface area contributed by atoms with Crippen LogP contribution in [0.5, 0.6) is 0 Å². The first-order chi connectivity index (χ1) is 8.41. The van der Waals surface area contributed by atoms with E-state index in [2.05, 4.69) is 0 Å². The summed E-state index contributed by atoms with van der Waals surface area (Å²) in [6, 6.07) is 0.0814. The molecule has 1 saturated heterocycles. The second-order valence-electron chi connectivity index (χ2n) is 5.16. The molecule has 2 amide bonds. The topological polar surface area (TPSA) is 74.7 Å². The average molecular weight is 271 g/mol. The molecule has 1 saturated carbocycles. The third-order valence-electron chi connectivity index (χ3n) is 3.21. The molecule has 6 heteroatoms. The Labute approximate surface area is 110 Å². The van der Waals surface area contributed by atoms with Crippen LogP contribution in [0.15, 0.2) is 0 Å². The quantitative estimate of drug-likeness (QED) is 0.758. The van der Waals surface area contributed by atoms with Crippen molar-refractivity contribution >= 4 is 29.5 Å². The maximum Gasteiger partial charge on any atom is 0.316 e. The predicted octanol–water partition coefficient (Wildman–Crippen LogP) is 1.12. The van der Waals surface area contributed by atoms with Crippen LogP contribution in [-0.2, 0) is 14.4 Å². The third-order valence-corrected chi connectivity index (χ3v) is 4.95. The molecule has 0 aromatic heterocycles. The molecule has 1 N–H and O–H groups in total. The van der Waals surface area contributed by atoms with Gasteiger partial charge < -0.3 is 5.11 Å². The Bertz CT molecular complexity index is 392. The Morgan fingerprint density at radius 3 is 2.44 bits per heavy atom. The SMILES string of the molecule is CC(C)C(SC1CC(=O)N(C2CC2)C1=O)C(=O)O. The number of carbonyl (C=O) groups excluding carboxylic acids is 2. The van der Waals surface area contributed by atoms with Crippen molar-refractivity contribution in [2.45, 2.75) is 49.7 Å². The highest BCUT2D eigenvalue weighted by Crippen LogP contribution is 2.37. The largest absolute Gasteiger partial charge is 0.480 e. The lowest BCUT2D eigenvalue weighted by Gasteiger charge is -2.19. The molecule has 2 aliphatic rings. The van der Waals surface area contributed by atoms with Crippen LogP contribution in [0.4, 0.5) is 0 Å². The van der Waals surface area contributed by atoms with E-state index in [-0.39, 0.29) is 30.2 Å². The van der Waals surface area contributed by atoms with Gasteiger partial charge in [0.2, 0.25) is 11.8 Å². The number of likely N-dealkylation sites (tertiary alicyclic amines) is 1. The molecule has 2 atom stereocenters. The van der Waals surface area contributed by atoms with E-state index in [4.69, 9.17) is 5.11 Å². The van der Waals surface area contributed by atoms with Crippen molar-refractivity contribution in [1.29, 1.82) is 0 Å². The van der Waals surface area contributed by atoms with Crippen molar-refractivity contribution < 1.29 is 19.5 Å². The second-order valence-corrected chi connectivity index (χ2v) is 6.51. The molecular formula is C12H17NO4S. The smallest absolute Gasteiger partial charge is 0.316 e. The van der Waals surface area contributed by atoms with Crippen molar-refractivity contribution in [2.75, 3.05) is 0 Å². The summed E-state index contributed by atoms with van der Waals surface area (Å²) in [5.74, 6) is -1.32. The molecule has 0 aromatic carbocycles. The van der Waals surface area contributed by atoms with Crippen LogP contribution in [-0.4, -0.2) is 44.3 Å². The number of rotatable bonds is 5. The average Bonchev–Trinajstić information content (AvgIpc) is 3.03. The monoisotopic (exact) mass is 271 g/mol. The van der Waals surface area contributed by atoms with Gasteiger partial charge in [0, 0.05) is 12.5 Å². The fourth-order valence-electron chi connectivity index (χ4n) is 2.12. The van der Waals surface area contributed by atoms with Gasteiger partial charge in [0.15, 0.2) is 0 Å². The Balaban J connectivity index is 2.04. The van der Waals surface area contributed by atoms with E-state index in [9.17, 15) is 14.4 Å². The number of thioether (sulfide) groups is 1. The van der Waals surface area contributed by atoms with E-state index in [1.165, 1.54) is 4.90 Å². The molecule has 2 rings (SSSR count). The number of nitrogens with zero attached hydrogens (tertiary/aromatic N) is 1. The number of imide groups is 1. The number of hydrogen-bond acceptors (Lipinski definition) is 4. The van der Waals surface area contributed by atoms with Crippen molar-refractivity contribution in [1.82, 2.24) is 4.90 Å². The summed E-state index contributed by atoms with van der Waals surface area (Å²) in [7, 11) is 0. The highest BCUT2D eigenvalue weighted by atomic mass is 32.2. The van der Waals surface area contributed by atoms with Gasteiger partial charge in [-0.3, -0.25) is 19.3 Å². The van der Waals surface area contributed by atoms with Gasteiger partial charge >= 0.3 is 5.97 Å². The Kier molecular flexibility index (Phi) is 3.66. The Morgan fingerprint density at radius 1 is 1.39 bits per heavy atom. The molecule has 0 radical (unpaired) electrons. The molecule has 1 aliphatic carbocycles.